The number of hydrogen-bond acceptors (Lipinski definition) is 3. The summed E-state index contributed by atoms with van der Waals surface area (Å²) in [6.45, 7) is 5.84. The van der Waals surface area contributed by atoms with Crippen molar-refractivity contribution in [2.75, 3.05) is 6.61 Å². The number of benzene rings is 4. The maximum Gasteiger partial charge on any atom is 0.148 e. The van der Waals surface area contributed by atoms with Crippen molar-refractivity contribution >= 4 is 21.8 Å². The van der Waals surface area contributed by atoms with Crippen LogP contribution in [-0.4, -0.2) is 16.2 Å². The van der Waals surface area contributed by atoms with Gasteiger partial charge >= 0.3 is 0 Å². The zero-order chi connectivity index (χ0) is 21.9. The van der Waals surface area contributed by atoms with Crippen LogP contribution < -0.4 is 9.47 Å². The first-order chi connectivity index (χ1) is 15.7. The van der Waals surface area contributed by atoms with Crippen LogP contribution in [0, 0.1) is 13.8 Å². The lowest BCUT2D eigenvalue weighted by atomic mass is 10.1. The third-order valence-corrected chi connectivity index (χ3v) is 5.60. The van der Waals surface area contributed by atoms with E-state index in [1.165, 1.54) is 21.9 Å². The van der Waals surface area contributed by atoms with Crippen molar-refractivity contribution < 1.29 is 9.47 Å². The number of rotatable bonds is 7. The summed E-state index contributed by atoms with van der Waals surface area (Å²) in [6, 6.07) is 29.0. The lowest BCUT2D eigenvalue weighted by Crippen LogP contribution is -2.13. The Bertz CT molecular complexity index is 1370. The molecule has 0 aliphatic heterocycles. The standard InChI is InChI=1S/C28H26N2O2/c1-20-15-21(2)17-25(16-20)31-14-13-30-27-10-6-5-9-26(27)29-28(30)19-32-24-12-11-22-7-3-4-8-23(22)18-24/h3-12,15-18H,13-14,19H2,1-2H3. The third kappa shape index (κ3) is 4.30. The quantitative estimate of drug-likeness (QED) is 0.302. The molecule has 4 nitrogen and oxygen atoms in total. The predicted octanol–water partition coefficient (Wildman–Crippen LogP) is 6.46. The predicted molar refractivity (Wildman–Crippen MR) is 129 cm³/mol. The van der Waals surface area contributed by atoms with E-state index in [9.17, 15) is 0 Å². The Kier molecular flexibility index (Phi) is 5.51. The molecular weight excluding hydrogens is 396 g/mol. The molecule has 0 atom stereocenters. The van der Waals surface area contributed by atoms with Gasteiger partial charge in [0.25, 0.3) is 0 Å². The zero-order valence-electron chi connectivity index (χ0n) is 18.4. The van der Waals surface area contributed by atoms with Crippen molar-refractivity contribution in [3.63, 3.8) is 0 Å². The minimum atomic E-state index is 0.399. The Hall–Kier alpha value is -3.79. The van der Waals surface area contributed by atoms with Crippen molar-refractivity contribution in [3.05, 3.63) is 102 Å². The molecule has 160 valence electrons. The van der Waals surface area contributed by atoms with Gasteiger partial charge in [-0.3, -0.25) is 0 Å². The number of aromatic nitrogens is 2. The highest BCUT2D eigenvalue weighted by molar-refractivity contribution is 5.83. The van der Waals surface area contributed by atoms with Crippen molar-refractivity contribution in [1.82, 2.24) is 9.55 Å². The van der Waals surface area contributed by atoms with E-state index in [0.29, 0.717) is 19.8 Å². The monoisotopic (exact) mass is 422 g/mol. The SMILES string of the molecule is Cc1cc(C)cc(OCCn2c(COc3ccc4ccccc4c3)nc3ccccc32)c1. The molecule has 5 rings (SSSR count). The van der Waals surface area contributed by atoms with Gasteiger partial charge in [-0.2, -0.15) is 0 Å². The number of ether oxygens (including phenoxy) is 2. The largest absolute Gasteiger partial charge is 0.492 e. The summed E-state index contributed by atoms with van der Waals surface area (Å²) in [4.78, 5) is 4.83. The van der Waals surface area contributed by atoms with Gasteiger partial charge in [0, 0.05) is 0 Å². The van der Waals surface area contributed by atoms with Crippen molar-refractivity contribution in [2.24, 2.45) is 0 Å². The van der Waals surface area contributed by atoms with Gasteiger partial charge in [0.1, 0.15) is 30.5 Å². The third-order valence-electron chi connectivity index (χ3n) is 5.60. The molecule has 32 heavy (non-hydrogen) atoms. The minimum absolute atomic E-state index is 0.399. The van der Waals surface area contributed by atoms with E-state index in [1.807, 2.05) is 36.4 Å². The Labute approximate surface area is 188 Å². The van der Waals surface area contributed by atoms with Gasteiger partial charge in [0.2, 0.25) is 0 Å². The molecule has 0 spiro atoms. The van der Waals surface area contributed by atoms with E-state index >= 15 is 0 Å². The molecule has 0 fully saturated rings. The van der Waals surface area contributed by atoms with Crippen LogP contribution in [0.15, 0.2) is 84.9 Å². The number of hydrogen-bond donors (Lipinski definition) is 0. The number of fused-ring (bicyclic) bond motifs is 2. The van der Waals surface area contributed by atoms with Gasteiger partial charge in [0.15, 0.2) is 0 Å². The molecule has 1 heterocycles. The van der Waals surface area contributed by atoms with Crippen molar-refractivity contribution in [1.29, 1.82) is 0 Å². The maximum absolute atomic E-state index is 6.14. The van der Waals surface area contributed by atoms with E-state index in [4.69, 9.17) is 14.5 Å². The highest BCUT2D eigenvalue weighted by atomic mass is 16.5. The highest BCUT2D eigenvalue weighted by Gasteiger charge is 2.12. The average Bonchev–Trinajstić information content (AvgIpc) is 3.14. The summed E-state index contributed by atoms with van der Waals surface area (Å²) < 4.78 is 14.4. The van der Waals surface area contributed by atoms with Crippen molar-refractivity contribution in [2.45, 2.75) is 27.0 Å². The second-order valence-corrected chi connectivity index (χ2v) is 8.14. The van der Waals surface area contributed by atoms with Crippen LogP contribution in [0.3, 0.4) is 0 Å². The van der Waals surface area contributed by atoms with E-state index in [0.717, 1.165) is 28.4 Å². The molecule has 0 unspecified atom stereocenters. The van der Waals surface area contributed by atoms with E-state index < -0.39 is 0 Å². The first-order valence-electron chi connectivity index (χ1n) is 10.9. The highest BCUT2D eigenvalue weighted by Crippen LogP contribution is 2.23. The molecule has 0 bridgehead atoms. The molecule has 1 aromatic heterocycles. The topological polar surface area (TPSA) is 36.3 Å². The smallest absolute Gasteiger partial charge is 0.148 e. The first-order valence-corrected chi connectivity index (χ1v) is 10.9. The molecule has 0 N–H and O–H groups in total. The van der Waals surface area contributed by atoms with E-state index in [1.54, 1.807) is 0 Å². The summed E-state index contributed by atoms with van der Waals surface area (Å²) in [5.41, 5.74) is 4.47. The number of para-hydroxylation sites is 2. The molecule has 5 aromatic rings. The van der Waals surface area contributed by atoms with Crippen LogP contribution in [0.2, 0.25) is 0 Å². The summed E-state index contributed by atoms with van der Waals surface area (Å²) in [6.07, 6.45) is 0. The first kappa shape index (κ1) is 20.1. The van der Waals surface area contributed by atoms with Crippen LogP contribution in [0.4, 0.5) is 0 Å². The second-order valence-electron chi connectivity index (χ2n) is 8.14. The van der Waals surface area contributed by atoms with Gasteiger partial charge in [-0.1, -0.05) is 48.5 Å². The molecular formula is C28H26N2O2. The fourth-order valence-electron chi connectivity index (χ4n) is 4.16. The average molecular weight is 423 g/mol. The summed E-state index contributed by atoms with van der Waals surface area (Å²) in [7, 11) is 0. The lowest BCUT2D eigenvalue weighted by Gasteiger charge is -2.13. The minimum Gasteiger partial charge on any atom is -0.492 e. The zero-order valence-corrected chi connectivity index (χ0v) is 18.4. The molecule has 0 aliphatic carbocycles. The Morgan fingerprint density at radius 3 is 2.31 bits per heavy atom. The van der Waals surface area contributed by atoms with Gasteiger partial charge in [-0.05, 0) is 72.1 Å². The van der Waals surface area contributed by atoms with Gasteiger partial charge in [-0.25, -0.2) is 4.98 Å². The molecule has 4 aromatic carbocycles. The van der Waals surface area contributed by atoms with Crippen LogP contribution in [0.5, 0.6) is 11.5 Å². The number of nitrogens with zero attached hydrogens (tertiary/aromatic N) is 2. The normalized spacial score (nSPS) is 11.2. The van der Waals surface area contributed by atoms with Gasteiger partial charge in [-0.15, -0.1) is 0 Å². The number of aryl methyl sites for hydroxylation is 2. The summed E-state index contributed by atoms with van der Waals surface area (Å²) >= 11 is 0. The molecule has 0 saturated heterocycles. The molecule has 0 aliphatic rings. The molecule has 4 heteroatoms. The molecule has 0 saturated carbocycles. The lowest BCUT2D eigenvalue weighted by molar-refractivity contribution is 0.272. The Morgan fingerprint density at radius 2 is 1.47 bits per heavy atom. The number of imidazole rings is 1. The van der Waals surface area contributed by atoms with Gasteiger partial charge in [0.05, 0.1) is 17.6 Å². The van der Waals surface area contributed by atoms with Crippen molar-refractivity contribution in [3.8, 4) is 11.5 Å². The van der Waals surface area contributed by atoms with Crippen LogP contribution in [-0.2, 0) is 13.2 Å². The fraction of sp³-hybridized carbons (Fsp3) is 0.179. The fourth-order valence-corrected chi connectivity index (χ4v) is 4.16. The van der Waals surface area contributed by atoms with Crippen LogP contribution in [0.25, 0.3) is 21.8 Å². The van der Waals surface area contributed by atoms with Gasteiger partial charge < -0.3 is 14.0 Å². The molecule has 0 amide bonds. The van der Waals surface area contributed by atoms with E-state index in [-0.39, 0.29) is 0 Å². The maximum atomic E-state index is 6.14. The summed E-state index contributed by atoms with van der Waals surface area (Å²) in [5, 5.41) is 2.37. The van der Waals surface area contributed by atoms with Crippen LogP contribution in [0.1, 0.15) is 17.0 Å². The van der Waals surface area contributed by atoms with Crippen LogP contribution >= 0.6 is 0 Å². The summed E-state index contributed by atoms with van der Waals surface area (Å²) in [5.74, 6) is 2.64. The second kappa shape index (κ2) is 8.75. The Morgan fingerprint density at radius 1 is 0.719 bits per heavy atom. The van der Waals surface area contributed by atoms with E-state index in [2.05, 4.69) is 66.9 Å². The Balaban J connectivity index is 1.34. The molecule has 0 radical (unpaired) electrons.